The summed E-state index contributed by atoms with van der Waals surface area (Å²) >= 11 is 0. The van der Waals surface area contributed by atoms with Gasteiger partial charge < -0.3 is 15.2 Å². The third-order valence-corrected chi connectivity index (χ3v) is 5.55. The highest BCUT2D eigenvalue weighted by Crippen LogP contribution is 2.26. The molecule has 0 spiro atoms. The van der Waals surface area contributed by atoms with Crippen LogP contribution in [0.3, 0.4) is 0 Å². The lowest BCUT2D eigenvalue weighted by Crippen LogP contribution is -2.40. The van der Waals surface area contributed by atoms with Crippen molar-refractivity contribution in [3.63, 3.8) is 0 Å². The SMILES string of the molecule is O=C(CCc1nc2ccccc2[nH]1)NCCN1CCCC(c2ccccc2)C1. The van der Waals surface area contributed by atoms with E-state index in [0.717, 1.165) is 36.5 Å². The number of hydrogen-bond acceptors (Lipinski definition) is 3. The first kappa shape index (κ1) is 18.7. The van der Waals surface area contributed by atoms with Crippen molar-refractivity contribution in [3.8, 4) is 0 Å². The fraction of sp³-hybridized carbons (Fsp3) is 0.391. The molecule has 0 radical (unpaired) electrons. The fourth-order valence-corrected chi connectivity index (χ4v) is 4.05. The summed E-state index contributed by atoms with van der Waals surface area (Å²) in [6.07, 6.45) is 3.58. The van der Waals surface area contributed by atoms with Gasteiger partial charge in [-0.25, -0.2) is 4.98 Å². The van der Waals surface area contributed by atoms with Crippen molar-refractivity contribution in [3.05, 3.63) is 66.0 Å². The average Bonchev–Trinajstić information content (AvgIpc) is 3.16. The second-order valence-corrected chi connectivity index (χ2v) is 7.60. The highest BCUT2D eigenvalue weighted by atomic mass is 16.1. The zero-order valence-electron chi connectivity index (χ0n) is 16.2. The normalized spacial score (nSPS) is 17.6. The van der Waals surface area contributed by atoms with Crippen molar-refractivity contribution < 1.29 is 4.79 Å². The molecule has 0 saturated carbocycles. The van der Waals surface area contributed by atoms with E-state index in [4.69, 9.17) is 0 Å². The second-order valence-electron chi connectivity index (χ2n) is 7.60. The summed E-state index contributed by atoms with van der Waals surface area (Å²) < 4.78 is 0. The molecule has 3 aromatic rings. The van der Waals surface area contributed by atoms with Crippen molar-refractivity contribution in [2.45, 2.75) is 31.6 Å². The van der Waals surface area contributed by atoms with Gasteiger partial charge in [-0.3, -0.25) is 4.79 Å². The molecule has 1 amide bonds. The van der Waals surface area contributed by atoms with Crippen LogP contribution in [0.15, 0.2) is 54.6 Å². The molecule has 5 nitrogen and oxygen atoms in total. The number of rotatable bonds is 7. The van der Waals surface area contributed by atoms with Crippen LogP contribution in [0.2, 0.25) is 0 Å². The molecule has 1 aliphatic rings. The smallest absolute Gasteiger partial charge is 0.220 e. The van der Waals surface area contributed by atoms with Gasteiger partial charge in [0.05, 0.1) is 11.0 Å². The highest BCUT2D eigenvalue weighted by Gasteiger charge is 2.20. The van der Waals surface area contributed by atoms with E-state index in [0.29, 0.717) is 25.3 Å². The Hall–Kier alpha value is -2.66. The van der Waals surface area contributed by atoms with E-state index >= 15 is 0 Å². The Labute approximate surface area is 166 Å². The van der Waals surface area contributed by atoms with Gasteiger partial charge in [-0.05, 0) is 43.0 Å². The predicted octanol–water partition coefficient (Wildman–Crippen LogP) is 3.49. The summed E-state index contributed by atoms with van der Waals surface area (Å²) in [5, 5.41) is 3.07. The standard InChI is InChI=1S/C23H28N4O/c28-23(13-12-22-25-20-10-4-5-11-21(20)26-22)24-14-16-27-15-6-9-19(17-27)18-7-2-1-3-8-18/h1-5,7-8,10-11,19H,6,9,12-17H2,(H,24,28)(H,25,26). The first-order valence-corrected chi connectivity index (χ1v) is 10.3. The average molecular weight is 377 g/mol. The molecule has 0 bridgehead atoms. The monoisotopic (exact) mass is 376 g/mol. The maximum Gasteiger partial charge on any atom is 0.220 e. The van der Waals surface area contributed by atoms with Crippen molar-refractivity contribution in [2.24, 2.45) is 0 Å². The van der Waals surface area contributed by atoms with E-state index in [1.165, 1.54) is 18.4 Å². The number of imidazole rings is 1. The van der Waals surface area contributed by atoms with Gasteiger partial charge in [0, 0.05) is 32.5 Å². The molecule has 5 heteroatoms. The van der Waals surface area contributed by atoms with Gasteiger partial charge in [0.25, 0.3) is 0 Å². The van der Waals surface area contributed by atoms with E-state index < -0.39 is 0 Å². The van der Waals surface area contributed by atoms with Gasteiger partial charge in [0.15, 0.2) is 0 Å². The molecule has 2 heterocycles. The number of nitrogens with one attached hydrogen (secondary N) is 2. The minimum Gasteiger partial charge on any atom is -0.355 e. The predicted molar refractivity (Wildman–Crippen MR) is 112 cm³/mol. The minimum absolute atomic E-state index is 0.0945. The molecule has 2 aromatic carbocycles. The Morgan fingerprint density at radius 3 is 2.82 bits per heavy atom. The van der Waals surface area contributed by atoms with Crippen molar-refractivity contribution in [1.29, 1.82) is 0 Å². The zero-order chi connectivity index (χ0) is 19.2. The Morgan fingerprint density at radius 1 is 1.14 bits per heavy atom. The summed E-state index contributed by atoms with van der Waals surface area (Å²) in [5.41, 5.74) is 3.41. The Bertz CT molecular complexity index is 872. The number of aromatic amines is 1. The molecule has 28 heavy (non-hydrogen) atoms. The van der Waals surface area contributed by atoms with Crippen LogP contribution in [0.5, 0.6) is 0 Å². The maximum atomic E-state index is 12.2. The third-order valence-electron chi connectivity index (χ3n) is 5.55. The molecular weight excluding hydrogens is 348 g/mol. The van der Waals surface area contributed by atoms with Crippen LogP contribution in [-0.2, 0) is 11.2 Å². The number of aromatic nitrogens is 2. The van der Waals surface area contributed by atoms with Gasteiger partial charge in [-0.1, -0.05) is 42.5 Å². The number of carbonyl (C=O) groups excluding carboxylic acids is 1. The number of amides is 1. The molecule has 1 atom stereocenters. The number of aryl methyl sites for hydroxylation is 1. The Kier molecular flexibility index (Phi) is 6.02. The maximum absolute atomic E-state index is 12.2. The number of fused-ring (bicyclic) bond motifs is 1. The molecule has 2 N–H and O–H groups in total. The number of para-hydroxylation sites is 2. The zero-order valence-corrected chi connectivity index (χ0v) is 16.2. The lowest BCUT2D eigenvalue weighted by Gasteiger charge is -2.33. The van der Waals surface area contributed by atoms with Gasteiger partial charge in [0.2, 0.25) is 5.91 Å². The summed E-state index contributed by atoms with van der Waals surface area (Å²) in [6.45, 7) is 3.83. The number of benzene rings is 2. The topological polar surface area (TPSA) is 61.0 Å². The molecule has 1 fully saturated rings. The summed E-state index contributed by atoms with van der Waals surface area (Å²) in [7, 11) is 0. The molecule has 146 valence electrons. The number of piperidine rings is 1. The van der Waals surface area contributed by atoms with Crippen LogP contribution in [0.25, 0.3) is 11.0 Å². The summed E-state index contributed by atoms with van der Waals surface area (Å²) in [5.74, 6) is 1.58. The molecule has 0 aliphatic carbocycles. The van der Waals surface area contributed by atoms with E-state index in [-0.39, 0.29) is 5.91 Å². The number of carbonyl (C=O) groups is 1. The van der Waals surface area contributed by atoms with Gasteiger partial charge in [-0.15, -0.1) is 0 Å². The van der Waals surface area contributed by atoms with E-state index in [2.05, 4.69) is 50.5 Å². The largest absolute Gasteiger partial charge is 0.355 e. The van der Waals surface area contributed by atoms with Crippen LogP contribution in [0, 0.1) is 0 Å². The minimum atomic E-state index is 0.0945. The summed E-state index contributed by atoms with van der Waals surface area (Å²) in [6, 6.07) is 18.7. The quantitative estimate of drug-likeness (QED) is 0.664. The fourth-order valence-electron chi connectivity index (χ4n) is 4.05. The van der Waals surface area contributed by atoms with Crippen molar-refractivity contribution in [2.75, 3.05) is 26.2 Å². The molecule has 4 rings (SSSR count). The molecule has 1 saturated heterocycles. The van der Waals surface area contributed by atoms with E-state index in [9.17, 15) is 4.79 Å². The van der Waals surface area contributed by atoms with Crippen molar-refractivity contribution >= 4 is 16.9 Å². The number of nitrogens with zero attached hydrogens (tertiary/aromatic N) is 2. The molecule has 1 unspecified atom stereocenters. The van der Waals surface area contributed by atoms with Gasteiger partial charge in [-0.2, -0.15) is 0 Å². The number of H-pyrrole nitrogens is 1. The van der Waals surface area contributed by atoms with Crippen LogP contribution in [0.1, 0.15) is 36.6 Å². The van der Waals surface area contributed by atoms with Crippen LogP contribution in [-0.4, -0.2) is 47.0 Å². The molecule has 1 aliphatic heterocycles. The Balaban J connectivity index is 1.18. The summed E-state index contributed by atoms with van der Waals surface area (Å²) in [4.78, 5) is 22.5. The van der Waals surface area contributed by atoms with Gasteiger partial charge in [0.1, 0.15) is 5.82 Å². The second kappa shape index (κ2) is 9.02. The third kappa shape index (κ3) is 4.78. The van der Waals surface area contributed by atoms with Crippen LogP contribution >= 0.6 is 0 Å². The van der Waals surface area contributed by atoms with Gasteiger partial charge >= 0.3 is 0 Å². The van der Waals surface area contributed by atoms with Crippen LogP contribution < -0.4 is 5.32 Å². The van der Waals surface area contributed by atoms with E-state index in [1.54, 1.807) is 0 Å². The first-order valence-electron chi connectivity index (χ1n) is 10.3. The lowest BCUT2D eigenvalue weighted by atomic mass is 9.91. The van der Waals surface area contributed by atoms with Crippen LogP contribution in [0.4, 0.5) is 0 Å². The molecule has 1 aromatic heterocycles. The number of likely N-dealkylation sites (tertiary alicyclic amines) is 1. The lowest BCUT2D eigenvalue weighted by molar-refractivity contribution is -0.121. The first-order chi connectivity index (χ1) is 13.8. The van der Waals surface area contributed by atoms with E-state index in [1.807, 2.05) is 24.3 Å². The highest BCUT2D eigenvalue weighted by molar-refractivity contribution is 5.77. The van der Waals surface area contributed by atoms with Crippen molar-refractivity contribution in [1.82, 2.24) is 20.2 Å². The molecular formula is C23H28N4O. The Morgan fingerprint density at radius 2 is 1.96 bits per heavy atom. The number of hydrogen-bond donors (Lipinski definition) is 2.